The highest BCUT2D eigenvalue weighted by Crippen LogP contribution is 2.20. The monoisotopic (exact) mass is 398 g/mol. The molecule has 8 nitrogen and oxygen atoms in total. The van der Waals surface area contributed by atoms with Crippen molar-refractivity contribution in [2.24, 2.45) is 5.14 Å². The molecule has 0 fully saturated rings. The normalized spacial score (nSPS) is 11.1. The van der Waals surface area contributed by atoms with Crippen LogP contribution in [0.5, 0.6) is 0 Å². The Morgan fingerprint density at radius 3 is 2.39 bits per heavy atom. The molecule has 0 radical (unpaired) electrons. The Hall–Kier alpha value is -3.17. The minimum atomic E-state index is -3.72. The lowest BCUT2D eigenvalue weighted by Crippen LogP contribution is -2.12. The predicted molar refractivity (Wildman–Crippen MR) is 111 cm³/mol. The summed E-state index contributed by atoms with van der Waals surface area (Å²) in [6.07, 6.45) is 1.46. The van der Waals surface area contributed by atoms with Crippen molar-refractivity contribution in [3.8, 4) is 0 Å². The summed E-state index contributed by atoms with van der Waals surface area (Å²) in [6, 6.07) is 16.2. The van der Waals surface area contributed by atoms with Gasteiger partial charge in [-0.25, -0.2) is 23.5 Å². The molecule has 9 heteroatoms. The fraction of sp³-hybridized carbons (Fsp3) is 0.158. The maximum atomic E-state index is 11.5. The molecule has 146 valence electrons. The van der Waals surface area contributed by atoms with E-state index in [0.717, 1.165) is 16.9 Å². The van der Waals surface area contributed by atoms with Gasteiger partial charge in [-0.15, -0.1) is 0 Å². The summed E-state index contributed by atoms with van der Waals surface area (Å²) in [4.78, 5) is 10.5. The van der Waals surface area contributed by atoms with Crippen LogP contribution in [0.3, 0.4) is 0 Å². The number of benzene rings is 2. The molecule has 0 bridgehead atoms. The van der Waals surface area contributed by atoms with E-state index in [1.165, 1.54) is 18.5 Å². The second-order valence-corrected chi connectivity index (χ2v) is 7.96. The van der Waals surface area contributed by atoms with Crippen LogP contribution in [0.1, 0.15) is 5.56 Å². The van der Waals surface area contributed by atoms with Crippen molar-refractivity contribution in [1.82, 2.24) is 9.97 Å². The van der Waals surface area contributed by atoms with E-state index in [4.69, 9.17) is 5.14 Å². The lowest BCUT2D eigenvalue weighted by Gasteiger charge is -2.13. The second kappa shape index (κ2) is 8.24. The number of hydrogen-bond acceptors (Lipinski definition) is 7. The number of aromatic nitrogens is 2. The average molecular weight is 398 g/mol. The highest BCUT2D eigenvalue weighted by atomic mass is 32.2. The largest absolute Gasteiger partial charge is 0.378 e. The molecule has 0 saturated carbocycles. The van der Waals surface area contributed by atoms with E-state index in [0.29, 0.717) is 18.2 Å². The quantitative estimate of drug-likeness (QED) is 0.560. The van der Waals surface area contributed by atoms with Gasteiger partial charge in [-0.2, -0.15) is 0 Å². The molecular formula is C19H22N6O2S. The smallest absolute Gasteiger partial charge is 0.238 e. The molecule has 3 rings (SSSR count). The molecule has 0 saturated heterocycles. The van der Waals surface area contributed by atoms with Gasteiger partial charge in [0.15, 0.2) is 0 Å². The molecular weight excluding hydrogens is 376 g/mol. The predicted octanol–water partition coefficient (Wildman–Crippen LogP) is 2.55. The van der Waals surface area contributed by atoms with E-state index in [-0.39, 0.29) is 4.90 Å². The Bertz CT molecular complexity index is 1050. The van der Waals surface area contributed by atoms with Gasteiger partial charge in [-0.05, 0) is 42.0 Å². The highest BCUT2D eigenvalue weighted by molar-refractivity contribution is 7.89. The first-order valence-electron chi connectivity index (χ1n) is 8.53. The van der Waals surface area contributed by atoms with Gasteiger partial charge in [0, 0.05) is 38.1 Å². The van der Waals surface area contributed by atoms with Gasteiger partial charge in [0.05, 0.1) is 4.90 Å². The number of nitrogens with zero attached hydrogens (tertiary/aromatic N) is 3. The van der Waals surface area contributed by atoms with Crippen LogP contribution in [-0.2, 0) is 16.6 Å². The van der Waals surface area contributed by atoms with E-state index in [1.54, 1.807) is 12.1 Å². The Kier molecular flexibility index (Phi) is 5.76. The van der Waals surface area contributed by atoms with Gasteiger partial charge >= 0.3 is 0 Å². The standard InChI is InChI=1S/C19H22N6O2S/c1-25(2)16-8-6-15(7-9-16)24-19-11-18(22-13-23-19)21-12-14-4-3-5-17(10-14)28(20,26)27/h3-11,13H,12H2,1-2H3,(H2,20,26,27)(H2,21,22,23,24). The van der Waals surface area contributed by atoms with Crippen molar-refractivity contribution in [2.45, 2.75) is 11.4 Å². The number of nitrogens with two attached hydrogens (primary N) is 1. The molecule has 0 atom stereocenters. The molecule has 0 aliphatic carbocycles. The van der Waals surface area contributed by atoms with Gasteiger partial charge in [-0.1, -0.05) is 12.1 Å². The zero-order valence-corrected chi connectivity index (χ0v) is 16.4. The third-order valence-electron chi connectivity index (χ3n) is 4.02. The number of primary sulfonamides is 1. The minimum absolute atomic E-state index is 0.0815. The number of sulfonamides is 1. The lowest BCUT2D eigenvalue weighted by molar-refractivity contribution is 0.597. The Balaban J connectivity index is 1.67. The molecule has 0 aliphatic rings. The summed E-state index contributed by atoms with van der Waals surface area (Å²) in [5.41, 5.74) is 2.80. The first kappa shape index (κ1) is 19.6. The lowest BCUT2D eigenvalue weighted by atomic mass is 10.2. The number of anilines is 4. The first-order chi connectivity index (χ1) is 13.3. The molecule has 4 N–H and O–H groups in total. The van der Waals surface area contributed by atoms with E-state index in [9.17, 15) is 8.42 Å². The summed E-state index contributed by atoms with van der Waals surface area (Å²) < 4.78 is 22.9. The van der Waals surface area contributed by atoms with Crippen molar-refractivity contribution in [2.75, 3.05) is 29.6 Å². The maximum absolute atomic E-state index is 11.5. The number of hydrogen-bond donors (Lipinski definition) is 3. The Morgan fingerprint density at radius 2 is 1.71 bits per heavy atom. The average Bonchev–Trinajstić information content (AvgIpc) is 2.67. The van der Waals surface area contributed by atoms with E-state index < -0.39 is 10.0 Å². The SMILES string of the molecule is CN(C)c1ccc(Nc2cc(NCc3cccc(S(N)(=O)=O)c3)ncn2)cc1. The fourth-order valence-corrected chi connectivity index (χ4v) is 3.12. The number of nitrogens with one attached hydrogen (secondary N) is 2. The minimum Gasteiger partial charge on any atom is -0.378 e. The first-order valence-corrected chi connectivity index (χ1v) is 10.1. The Labute approximate surface area is 164 Å². The van der Waals surface area contributed by atoms with Gasteiger partial charge in [0.2, 0.25) is 10.0 Å². The van der Waals surface area contributed by atoms with E-state index in [2.05, 4.69) is 20.6 Å². The van der Waals surface area contributed by atoms with Crippen LogP contribution in [0.15, 0.2) is 65.8 Å². The van der Waals surface area contributed by atoms with Crippen LogP contribution in [0.2, 0.25) is 0 Å². The molecule has 0 spiro atoms. The summed E-state index contributed by atoms with van der Waals surface area (Å²) >= 11 is 0. The van der Waals surface area contributed by atoms with Gasteiger partial charge < -0.3 is 15.5 Å². The third kappa shape index (κ3) is 5.18. The van der Waals surface area contributed by atoms with Gasteiger partial charge in [0.25, 0.3) is 0 Å². The fourth-order valence-electron chi connectivity index (χ4n) is 2.54. The topological polar surface area (TPSA) is 113 Å². The molecule has 3 aromatic rings. The van der Waals surface area contributed by atoms with E-state index >= 15 is 0 Å². The van der Waals surface area contributed by atoms with Crippen LogP contribution in [0.25, 0.3) is 0 Å². The molecule has 1 heterocycles. The van der Waals surface area contributed by atoms with Crippen molar-refractivity contribution < 1.29 is 8.42 Å². The highest BCUT2D eigenvalue weighted by Gasteiger charge is 2.08. The van der Waals surface area contributed by atoms with Crippen molar-refractivity contribution >= 4 is 33.0 Å². The van der Waals surface area contributed by atoms with Crippen LogP contribution < -0.4 is 20.7 Å². The summed E-state index contributed by atoms with van der Waals surface area (Å²) in [6.45, 7) is 0.400. The molecule has 2 aromatic carbocycles. The molecule has 0 amide bonds. The summed E-state index contributed by atoms with van der Waals surface area (Å²) in [5, 5.41) is 11.6. The van der Waals surface area contributed by atoms with Crippen molar-refractivity contribution in [3.63, 3.8) is 0 Å². The molecule has 0 aliphatic heterocycles. The van der Waals surface area contributed by atoms with Gasteiger partial charge in [-0.3, -0.25) is 0 Å². The van der Waals surface area contributed by atoms with Crippen LogP contribution in [0, 0.1) is 0 Å². The summed E-state index contributed by atoms with van der Waals surface area (Å²) in [7, 11) is 0.254. The van der Waals surface area contributed by atoms with Gasteiger partial charge in [0.1, 0.15) is 18.0 Å². The maximum Gasteiger partial charge on any atom is 0.238 e. The number of rotatable bonds is 7. The van der Waals surface area contributed by atoms with Crippen LogP contribution in [-0.4, -0.2) is 32.5 Å². The van der Waals surface area contributed by atoms with Crippen LogP contribution >= 0.6 is 0 Å². The second-order valence-electron chi connectivity index (χ2n) is 6.40. The molecule has 28 heavy (non-hydrogen) atoms. The third-order valence-corrected chi connectivity index (χ3v) is 4.93. The zero-order chi connectivity index (χ0) is 20.1. The zero-order valence-electron chi connectivity index (χ0n) is 15.6. The van der Waals surface area contributed by atoms with Crippen LogP contribution in [0.4, 0.5) is 23.0 Å². The summed E-state index contributed by atoms with van der Waals surface area (Å²) in [5.74, 6) is 1.26. The van der Waals surface area contributed by atoms with Crippen molar-refractivity contribution in [1.29, 1.82) is 0 Å². The molecule has 1 aromatic heterocycles. The van der Waals surface area contributed by atoms with Crippen molar-refractivity contribution in [3.05, 3.63) is 66.5 Å². The Morgan fingerprint density at radius 1 is 1.00 bits per heavy atom. The molecule has 0 unspecified atom stereocenters. The van der Waals surface area contributed by atoms with E-state index in [1.807, 2.05) is 49.3 Å².